The van der Waals surface area contributed by atoms with Crippen molar-refractivity contribution in [2.75, 3.05) is 7.11 Å². The molecule has 1 unspecified atom stereocenters. The second kappa shape index (κ2) is 4.67. The summed E-state index contributed by atoms with van der Waals surface area (Å²) in [5.41, 5.74) is 7.23. The highest BCUT2D eigenvalue weighted by Crippen LogP contribution is 2.29. The summed E-state index contributed by atoms with van der Waals surface area (Å²) >= 11 is 1.61. The second-order valence-corrected chi connectivity index (χ2v) is 4.38. The first-order valence-electron chi connectivity index (χ1n) is 5.16. The molecule has 0 aromatic carbocycles. The van der Waals surface area contributed by atoms with E-state index in [1.165, 1.54) is 0 Å². The van der Waals surface area contributed by atoms with Crippen LogP contribution in [0, 0.1) is 0 Å². The van der Waals surface area contributed by atoms with Gasteiger partial charge in [-0.3, -0.25) is 4.68 Å². The smallest absolute Gasteiger partial charge is 0.129 e. The fraction of sp³-hybridized carbons (Fsp3) is 0.364. The third-order valence-electron chi connectivity index (χ3n) is 2.51. The van der Waals surface area contributed by atoms with Crippen LogP contribution >= 0.6 is 11.3 Å². The van der Waals surface area contributed by atoms with Crippen LogP contribution in [0.15, 0.2) is 23.7 Å². The molecule has 2 heterocycles. The van der Waals surface area contributed by atoms with Gasteiger partial charge in [0.05, 0.1) is 18.8 Å². The molecule has 2 rings (SSSR count). The number of nitrogens with two attached hydrogens (primary N) is 1. The van der Waals surface area contributed by atoms with Gasteiger partial charge in [0.2, 0.25) is 0 Å². The Labute approximate surface area is 98.6 Å². The summed E-state index contributed by atoms with van der Waals surface area (Å²) in [7, 11) is 1.66. The largest absolute Gasteiger partial charge is 0.496 e. The second-order valence-electron chi connectivity index (χ2n) is 3.44. The number of nitrogens with zero attached hydrogens (tertiary/aromatic N) is 2. The zero-order valence-electron chi connectivity index (χ0n) is 9.38. The third-order valence-corrected chi connectivity index (χ3v) is 3.50. The number of aromatic nitrogens is 2. The van der Waals surface area contributed by atoms with Crippen LogP contribution < -0.4 is 10.5 Å². The normalized spacial score (nSPS) is 12.7. The summed E-state index contributed by atoms with van der Waals surface area (Å²) in [6, 6.07) is 3.80. The van der Waals surface area contributed by atoms with Gasteiger partial charge in [-0.25, -0.2) is 0 Å². The van der Waals surface area contributed by atoms with Crippen LogP contribution in [0.3, 0.4) is 0 Å². The summed E-state index contributed by atoms with van der Waals surface area (Å²) in [4.78, 5) is 1.09. The van der Waals surface area contributed by atoms with E-state index < -0.39 is 0 Å². The average Bonchev–Trinajstić information content (AvgIpc) is 2.96. The van der Waals surface area contributed by atoms with Crippen molar-refractivity contribution in [3.8, 4) is 5.75 Å². The Hall–Kier alpha value is -1.33. The first-order chi connectivity index (χ1) is 7.76. The summed E-state index contributed by atoms with van der Waals surface area (Å²) in [5, 5.41) is 6.18. The van der Waals surface area contributed by atoms with Crippen LogP contribution in [0.5, 0.6) is 5.75 Å². The fourth-order valence-corrected chi connectivity index (χ4v) is 2.49. The molecular formula is C11H15N3OS. The van der Waals surface area contributed by atoms with Gasteiger partial charge in [0, 0.05) is 23.0 Å². The van der Waals surface area contributed by atoms with E-state index in [9.17, 15) is 0 Å². The van der Waals surface area contributed by atoms with Crippen LogP contribution in [0.2, 0.25) is 0 Å². The van der Waals surface area contributed by atoms with Crippen molar-refractivity contribution in [2.45, 2.75) is 19.5 Å². The molecule has 0 bridgehead atoms. The fourth-order valence-electron chi connectivity index (χ4n) is 1.62. The van der Waals surface area contributed by atoms with Crippen LogP contribution in [0.25, 0.3) is 0 Å². The molecule has 0 fully saturated rings. The Morgan fingerprint density at radius 3 is 3.06 bits per heavy atom. The molecule has 2 aromatic heterocycles. The van der Waals surface area contributed by atoms with Crippen molar-refractivity contribution in [1.82, 2.24) is 9.78 Å². The maximum Gasteiger partial charge on any atom is 0.129 e. The molecule has 1 atom stereocenters. The Morgan fingerprint density at radius 2 is 2.44 bits per heavy atom. The summed E-state index contributed by atoms with van der Waals surface area (Å²) in [6.45, 7) is 2.89. The quantitative estimate of drug-likeness (QED) is 0.885. The van der Waals surface area contributed by atoms with E-state index in [-0.39, 0.29) is 6.04 Å². The zero-order chi connectivity index (χ0) is 11.5. The minimum Gasteiger partial charge on any atom is -0.496 e. The molecule has 5 heteroatoms. The van der Waals surface area contributed by atoms with E-state index in [2.05, 4.69) is 12.0 Å². The minimum atomic E-state index is -0.128. The number of aryl methyl sites for hydroxylation is 1. The Morgan fingerprint density at radius 1 is 1.62 bits per heavy atom. The molecule has 0 saturated heterocycles. The minimum absolute atomic E-state index is 0.128. The Kier molecular flexibility index (Phi) is 3.26. The molecule has 0 aliphatic heterocycles. The van der Waals surface area contributed by atoms with Crippen LogP contribution in [-0.2, 0) is 6.54 Å². The van der Waals surface area contributed by atoms with Crippen molar-refractivity contribution in [1.29, 1.82) is 0 Å². The van der Waals surface area contributed by atoms with Crippen molar-refractivity contribution in [2.24, 2.45) is 5.73 Å². The van der Waals surface area contributed by atoms with Gasteiger partial charge >= 0.3 is 0 Å². The monoisotopic (exact) mass is 237 g/mol. The van der Waals surface area contributed by atoms with Gasteiger partial charge in [0.25, 0.3) is 0 Å². The number of hydrogen-bond acceptors (Lipinski definition) is 4. The van der Waals surface area contributed by atoms with Gasteiger partial charge in [-0.2, -0.15) is 5.10 Å². The number of thiophene rings is 1. The molecule has 0 amide bonds. The van der Waals surface area contributed by atoms with E-state index in [1.807, 2.05) is 22.2 Å². The molecule has 0 spiro atoms. The van der Waals surface area contributed by atoms with Crippen molar-refractivity contribution in [3.63, 3.8) is 0 Å². The Balaban J connectivity index is 2.27. The Bertz CT molecular complexity index is 463. The molecule has 0 aliphatic rings. The molecule has 0 saturated carbocycles. The highest BCUT2D eigenvalue weighted by atomic mass is 32.1. The first kappa shape index (κ1) is 11.2. The van der Waals surface area contributed by atoms with Gasteiger partial charge < -0.3 is 10.5 Å². The van der Waals surface area contributed by atoms with Crippen molar-refractivity contribution >= 4 is 11.3 Å². The summed E-state index contributed by atoms with van der Waals surface area (Å²) in [6.07, 6.45) is 1.78. The average molecular weight is 237 g/mol. The molecular weight excluding hydrogens is 222 g/mol. The van der Waals surface area contributed by atoms with Gasteiger partial charge in [-0.15, -0.1) is 11.3 Å². The van der Waals surface area contributed by atoms with Gasteiger partial charge in [0.1, 0.15) is 5.75 Å². The van der Waals surface area contributed by atoms with E-state index in [0.717, 1.165) is 22.9 Å². The highest BCUT2D eigenvalue weighted by molar-refractivity contribution is 7.10. The number of rotatable bonds is 4. The van der Waals surface area contributed by atoms with Gasteiger partial charge in [0.15, 0.2) is 0 Å². The van der Waals surface area contributed by atoms with Crippen molar-refractivity contribution < 1.29 is 4.74 Å². The van der Waals surface area contributed by atoms with E-state index in [0.29, 0.717) is 0 Å². The first-order valence-corrected chi connectivity index (χ1v) is 6.04. The lowest BCUT2D eigenvalue weighted by atomic mass is 10.2. The summed E-state index contributed by atoms with van der Waals surface area (Å²) < 4.78 is 7.06. The van der Waals surface area contributed by atoms with E-state index in [4.69, 9.17) is 10.5 Å². The van der Waals surface area contributed by atoms with Crippen LogP contribution in [0.1, 0.15) is 23.5 Å². The highest BCUT2D eigenvalue weighted by Gasteiger charge is 2.15. The number of methoxy groups -OCH3 is 1. The lowest BCUT2D eigenvalue weighted by Gasteiger charge is -2.11. The standard InChI is InChI=1S/C11H15N3OS/c1-3-14-9(4-5-13-14)11(12)10-6-8(15-2)7-16-10/h4-7,11H,3,12H2,1-2H3. The summed E-state index contributed by atoms with van der Waals surface area (Å²) in [5.74, 6) is 0.859. The molecule has 2 aromatic rings. The SMILES string of the molecule is CCn1nccc1C(N)c1cc(OC)cs1. The zero-order valence-corrected chi connectivity index (χ0v) is 10.2. The lowest BCUT2D eigenvalue weighted by molar-refractivity contribution is 0.416. The maximum atomic E-state index is 6.20. The van der Waals surface area contributed by atoms with Crippen molar-refractivity contribution in [3.05, 3.63) is 34.3 Å². The van der Waals surface area contributed by atoms with Gasteiger partial charge in [-0.05, 0) is 19.1 Å². The predicted molar refractivity (Wildman–Crippen MR) is 64.8 cm³/mol. The number of ether oxygens (including phenoxy) is 1. The lowest BCUT2D eigenvalue weighted by Crippen LogP contribution is -2.15. The predicted octanol–water partition coefficient (Wildman–Crippen LogP) is 2.02. The molecule has 86 valence electrons. The van der Waals surface area contributed by atoms with E-state index >= 15 is 0 Å². The topological polar surface area (TPSA) is 53.1 Å². The van der Waals surface area contributed by atoms with Crippen LogP contribution in [0.4, 0.5) is 0 Å². The molecule has 16 heavy (non-hydrogen) atoms. The number of hydrogen-bond donors (Lipinski definition) is 1. The molecule has 4 nitrogen and oxygen atoms in total. The van der Waals surface area contributed by atoms with Gasteiger partial charge in [-0.1, -0.05) is 0 Å². The molecule has 0 aliphatic carbocycles. The third kappa shape index (κ3) is 1.96. The van der Waals surface area contributed by atoms with E-state index in [1.54, 1.807) is 24.6 Å². The van der Waals surface area contributed by atoms with Crippen LogP contribution in [-0.4, -0.2) is 16.9 Å². The molecule has 0 radical (unpaired) electrons. The molecule has 2 N–H and O–H groups in total. The maximum absolute atomic E-state index is 6.20.